The van der Waals surface area contributed by atoms with Crippen molar-refractivity contribution in [3.8, 4) is 0 Å². The second-order valence-electron chi connectivity index (χ2n) is 8.81. The number of nitrogens with zero attached hydrogens (tertiary/aromatic N) is 2. The number of aromatic nitrogens is 1. The van der Waals surface area contributed by atoms with E-state index in [1.165, 1.54) is 4.90 Å². The topological polar surface area (TPSA) is 115 Å². The molecule has 4 rings (SSSR count). The first-order chi connectivity index (χ1) is 16.7. The lowest BCUT2D eigenvalue weighted by Gasteiger charge is -2.18. The summed E-state index contributed by atoms with van der Waals surface area (Å²) >= 11 is 0. The highest BCUT2D eigenvalue weighted by atomic mass is 16.2. The average Bonchev–Trinajstić information content (AvgIpc) is 3.43. The maximum absolute atomic E-state index is 12.9. The van der Waals surface area contributed by atoms with Crippen LogP contribution < -0.4 is 15.5 Å². The number of amides is 4. The van der Waals surface area contributed by atoms with Crippen LogP contribution in [0.5, 0.6) is 0 Å². The van der Waals surface area contributed by atoms with Crippen molar-refractivity contribution >= 4 is 46.7 Å². The molecule has 0 spiro atoms. The summed E-state index contributed by atoms with van der Waals surface area (Å²) in [7, 11) is 0. The van der Waals surface area contributed by atoms with Gasteiger partial charge in [0.1, 0.15) is 0 Å². The molecule has 0 radical (unpaired) electrons. The summed E-state index contributed by atoms with van der Waals surface area (Å²) in [6.45, 7) is 11.0. The van der Waals surface area contributed by atoms with Gasteiger partial charge in [0.25, 0.3) is 11.8 Å². The summed E-state index contributed by atoms with van der Waals surface area (Å²) < 4.78 is 0. The largest absolute Gasteiger partial charge is 0.358 e. The Labute approximate surface area is 204 Å². The monoisotopic (exact) mass is 477 g/mol. The Balaban J connectivity index is 1.61. The fraction of sp³-hybridized carbons (Fsp3) is 0.385. The van der Waals surface area contributed by atoms with Crippen molar-refractivity contribution in [2.24, 2.45) is 0 Å². The normalized spacial score (nSPS) is 16.4. The molecule has 3 heterocycles. The van der Waals surface area contributed by atoms with Crippen LogP contribution in [0.15, 0.2) is 18.2 Å². The van der Waals surface area contributed by atoms with E-state index in [9.17, 15) is 19.2 Å². The molecule has 1 fully saturated rings. The molecule has 1 aromatic carbocycles. The fourth-order valence-electron chi connectivity index (χ4n) is 4.68. The number of carbonyl (C=O) groups excluding carboxylic acids is 4. The number of hydrogen-bond acceptors (Lipinski definition) is 5. The van der Waals surface area contributed by atoms with Crippen LogP contribution in [0.1, 0.15) is 59.6 Å². The molecule has 9 nitrogen and oxygen atoms in total. The van der Waals surface area contributed by atoms with Gasteiger partial charge in [-0.25, -0.2) is 0 Å². The molecule has 1 aromatic heterocycles. The van der Waals surface area contributed by atoms with E-state index < -0.39 is 0 Å². The third-order valence-corrected chi connectivity index (χ3v) is 6.70. The van der Waals surface area contributed by atoms with Gasteiger partial charge in [0.05, 0.1) is 16.8 Å². The average molecular weight is 478 g/mol. The minimum Gasteiger partial charge on any atom is -0.358 e. The highest BCUT2D eigenvalue weighted by Crippen LogP contribution is 2.37. The number of carbonyl (C=O) groups is 4. The van der Waals surface area contributed by atoms with E-state index in [-0.39, 0.29) is 36.5 Å². The zero-order chi connectivity index (χ0) is 25.3. The number of fused-ring (bicyclic) bond motifs is 1. The van der Waals surface area contributed by atoms with Crippen LogP contribution in [-0.4, -0.2) is 59.7 Å². The Bertz CT molecular complexity index is 1220. The maximum atomic E-state index is 12.9. The molecule has 0 atom stereocenters. The molecule has 184 valence electrons. The quantitative estimate of drug-likeness (QED) is 0.400. The number of benzene rings is 1. The third kappa shape index (κ3) is 4.64. The summed E-state index contributed by atoms with van der Waals surface area (Å²) in [4.78, 5) is 56.7. The van der Waals surface area contributed by atoms with Crippen molar-refractivity contribution in [1.82, 2.24) is 15.2 Å². The number of anilines is 2. The van der Waals surface area contributed by atoms with Gasteiger partial charge in [0, 0.05) is 48.6 Å². The Hall–Kier alpha value is -3.72. The molecule has 0 bridgehead atoms. The molecule has 0 saturated carbocycles. The van der Waals surface area contributed by atoms with Crippen LogP contribution in [0.2, 0.25) is 0 Å². The van der Waals surface area contributed by atoms with Gasteiger partial charge in [0.15, 0.2) is 0 Å². The van der Waals surface area contributed by atoms with E-state index in [0.717, 1.165) is 30.9 Å². The van der Waals surface area contributed by atoms with Crippen molar-refractivity contribution in [2.45, 2.75) is 40.5 Å². The molecule has 2 aliphatic rings. The van der Waals surface area contributed by atoms with Gasteiger partial charge in [-0.05, 0) is 56.8 Å². The Morgan fingerprint density at radius 3 is 2.46 bits per heavy atom. The highest BCUT2D eigenvalue weighted by Gasteiger charge is 2.32. The minimum atomic E-state index is -0.284. The van der Waals surface area contributed by atoms with E-state index in [1.807, 2.05) is 13.8 Å². The number of aromatic amines is 1. The van der Waals surface area contributed by atoms with Crippen molar-refractivity contribution < 1.29 is 19.2 Å². The molecule has 1 saturated heterocycles. The van der Waals surface area contributed by atoms with Gasteiger partial charge in [-0.15, -0.1) is 0 Å². The lowest BCUT2D eigenvalue weighted by Crippen LogP contribution is -2.35. The first kappa shape index (κ1) is 24.4. The Kier molecular flexibility index (Phi) is 6.88. The van der Waals surface area contributed by atoms with E-state index in [0.29, 0.717) is 40.3 Å². The fourth-order valence-corrected chi connectivity index (χ4v) is 4.68. The second kappa shape index (κ2) is 9.87. The lowest BCUT2D eigenvalue weighted by atomic mass is 10.0. The smallest absolute Gasteiger partial charge is 0.256 e. The van der Waals surface area contributed by atoms with Crippen molar-refractivity contribution in [1.29, 1.82) is 0 Å². The van der Waals surface area contributed by atoms with E-state index in [2.05, 4.69) is 34.4 Å². The standard InChI is InChI=1S/C26H31N5O4/c1-5-30(6-2)12-11-27-26(35)24-15(3)21(28-16(24)4)14-19-18-13-17(7-8-20(18)29-25(19)34)31-22(32)9-10-23(31)33/h7-8,13-14,28H,5-6,9-12H2,1-4H3,(H,27,35)(H,29,34)/b19-14-. The molecule has 0 aliphatic carbocycles. The van der Waals surface area contributed by atoms with Gasteiger partial charge in [-0.1, -0.05) is 13.8 Å². The number of aryl methyl sites for hydroxylation is 1. The van der Waals surface area contributed by atoms with Gasteiger partial charge < -0.3 is 20.5 Å². The summed E-state index contributed by atoms with van der Waals surface area (Å²) in [5, 5.41) is 5.82. The molecule has 0 unspecified atom stereocenters. The lowest BCUT2D eigenvalue weighted by molar-refractivity contribution is -0.121. The van der Waals surface area contributed by atoms with Crippen molar-refractivity contribution in [3.63, 3.8) is 0 Å². The summed E-state index contributed by atoms with van der Waals surface area (Å²) in [5.41, 5.74) is 4.76. The molecular formula is C26H31N5O4. The Morgan fingerprint density at radius 1 is 1.11 bits per heavy atom. The second-order valence-corrected chi connectivity index (χ2v) is 8.81. The molecule has 9 heteroatoms. The van der Waals surface area contributed by atoms with Crippen LogP contribution in [-0.2, 0) is 14.4 Å². The van der Waals surface area contributed by atoms with Crippen LogP contribution in [0, 0.1) is 13.8 Å². The van der Waals surface area contributed by atoms with Crippen LogP contribution in [0.3, 0.4) is 0 Å². The summed E-state index contributed by atoms with van der Waals surface area (Å²) in [6.07, 6.45) is 2.10. The van der Waals surface area contributed by atoms with Gasteiger partial charge in [0.2, 0.25) is 11.8 Å². The first-order valence-corrected chi connectivity index (χ1v) is 12.0. The minimum absolute atomic E-state index is 0.155. The van der Waals surface area contributed by atoms with Gasteiger partial charge in [-0.2, -0.15) is 0 Å². The zero-order valence-corrected chi connectivity index (χ0v) is 20.6. The Morgan fingerprint density at radius 2 is 1.80 bits per heavy atom. The maximum Gasteiger partial charge on any atom is 0.256 e. The molecule has 3 N–H and O–H groups in total. The van der Waals surface area contributed by atoms with Gasteiger partial charge >= 0.3 is 0 Å². The van der Waals surface area contributed by atoms with E-state index in [1.54, 1.807) is 24.3 Å². The predicted molar refractivity (Wildman–Crippen MR) is 135 cm³/mol. The van der Waals surface area contributed by atoms with Crippen LogP contribution in [0.25, 0.3) is 11.6 Å². The molecular weight excluding hydrogens is 446 g/mol. The number of hydrogen-bond donors (Lipinski definition) is 3. The van der Waals surface area contributed by atoms with Gasteiger partial charge in [-0.3, -0.25) is 24.1 Å². The number of nitrogens with one attached hydrogen (secondary N) is 3. The van der Waals surface area contributed by atoms with E-state index >= 15 is 0 Å². The highest BCUT2D eigenvalue weighted by molar-refractivity contribution is 6.35. The molecule has 2 aliphatic heterocycles. The number of rotatable bonds is 8. The SMILES string of the molecule is CCN(CC)CCNC(=O)c1c(C)[nH]c(/C=C2\C(=O)Nc3ccc(N4C(=O)CCC4=O)cc32)c1C. The van der Waals surface area contributed by atoms with Crippen LogP contribution >= 0.6 is 0 Å². The van der Waals surface area contributed by atoms with E-state index in [4.69, 9.17) is 0 Å². The van der Waals surface area contributed by atoms with Crippen LogP contribution in [0.4, 0.5) is 11.4 Å². The summed E-state index contributed by atoms with van der Waals surface area (Å²) in [6, 6.07) is 5.05. The number of likely N-dealkylation sites (N-methyl/N-ethyl adjacent to an activating group) is 1. The molecule has 4 amide bonds. The summed E-state index contributed by atoms with van der Waals surface area (Å²) in [5.74, 6) is -0.929. The van der Waals surface area contributed by atoms with Crippen molar-refractivity contribution in [3.05, 3.63) is 46.3 Å². The molecule has 2 aromatic rings. The zero-order valence-electron chi connectivity index (χ0n) is 20.6. The predicted octanol–water partition coefficient (Wildman–Crippen LogP) is 2.85. The van der Waals surface area contributed by atoms with Crippen molar-refractivity contribution in [2.75, 3.05) is 36.4 Å². The third-order valence-electron chi connectivity index (χ3n) is 6.70. The molecule has 35 heavy (non-hydrogen) atoms. The first-order valence-electron chi connectivity index (χ1n) is 12.0. The number of H-pyrrole nitrogens is 1. The number of imide groups is 1.